The summed E-state index contributed by atoms with van der Waals surface area (Å²) in [5.74, 6) is 1.30. The molecule has 0 aromatic heterocycles. The highest BCUT2D eigenvalue weighted by atomic mass is 32.2. The van der Waals surface area contributed by atoms with Crippen LogP contribution in [0.4, 0.5) is 0 Å². The van der Waals surface area contributed by atoms with Gasteiger partial charge < -0.3 is 10.0 Å². The minimum absolute atomic E-state index is 0.172. The summed E-state index contributed by atoms with van der Waals surface area (Å²) in [5.41, 5.74) is 0. The van der Waals surface area contributed by atoms with E-state index in [1.807, 2.05) is 0 Å². The van der Waals surface area contributed by atoms with Gasteiger partial charge in [-0.05, 0) is 12.5 Å². The lowest BCUT2D eigenvalue weighted by Crippen LogP contribution is -2.36. The molecule has 1 saturated heterocycles. The summed E-state index contributed by atoms with van der Waals surface area (Å²) >= 11 is 1.73. The van der Waals surface area contributed by atoms with Crippen LogP contribution >= 0.6 is 11.8 Å². The van der Waals surface area contributed by atoms with Gasteiger partial charge in [0.05, 0.1) is 0 Å². The van der Waals surface area contributed by atoms with Gasteiger partial charge in [-0.15, -0.1) is 0 Å². The minimum atomic E-state index is 0.172. The van der Waals surface area contributed by atoms with Crippen molar-refractivity contribution in [3.05, 3.63) is 12.0 Å². The summed E-state index contributed by atoms with van der Waals surface area (Å²) in [6, 6.07) is 0. The molecule has 2 aliphatic heterocycles. The van der Waals surface area contributed by atoms with E-state index < -0.39 is 0 Å². The van der Waals surface area contributed by atoms with Crippen LogP contribution in [0.25, 0.3) is 0 Å². The monoisotopic (exact) mass is 170 g/mol. The van der Waals surface area contributed by atoms with E-state index in [-0.39, 0.29) is 5.88 Å². The van der Waals surface area contributed by atoms with Gasteiger partial charge in [0, 0.05) is 18.8 Å². The molecule has 0 spiro atoms. The summed E-state index contributed by atoms with van der Waals surface area (Å²) < 4.78 is 0. The van der Waals surface area contributed by atoms with E-state index >= 15 is 0 Å². The van der Waals surface area contributed by atoms with Gasteiger partial charge in [-0.25, -0.2) is 0 Å². The lowest BCUT2D eigenvalue weighted by molar-refractivity contribution is 0.375. The van der Waals surface area contributed by atoms with Crippen molar-refractivity contribution < 1.29 is 5.11 Å². The van der Waals surface area contributed by atoms with Gasteiger partial charge in [0.2, 0.25) is 5.88 Å². The molecule has 0 unspecified atom stereocenters. The van der Waals surface area contributed by atoms with Crippen molar-refractivity contribution in [3.63, 3.8) is 0 Å². The first-order valence-corrected chi connectivity index (χ1v) is 4.70. The topological polar surface area (TPSA) is 35.8 Å². The number of rotatable bonds is 0. The van der Waals surface area contributed by atoms with Crippen LogP contribution in [0, 0.1) is 0 Å². The third kappa shape index (κ3) is 1.35. The van der Waals surface area contributed by atoms with Gasteiger partial charge in [0.25, 0.3) is 0 Å². The largest absolute Gasteiger partial charge is 0.493 e. The number of amidine groups is 1. The van der Waals surface area contributed by atoms with E-state index in [9.17, 15) is 0 Å². The second kappa shape index (κ2) is 2.77. The number of nitrogens with zero attached hydrogens (tertiary/aromatic N) is 2. The standard InChI is InChI=1S/C7H10N2OS/c10-6-2-4-9-3-1-5-11-7(9)8-6/h2,10H,1,3-5H2. The third-order valence-electron chi connectivity index (χ3n) is 1.78. The average Bonchev–Trinajstić information content (AvgIpc) is 2.04. The molecule has 2 rings (SSSR count). The van der Waals surface area contributed by atoms with E-state index in [1.165, 1.54) is 6.42 Å². The smallest absolute Gasteiger partial charge is 0.210 e. The van der Waals surface area contributed by atoms with Crippen LogP contribution in [0.3, 0.4) is 0 Å². The summed E-state index contributed by atoms with van der Waals surface area (Å²) in [6.45, 7) is 1.90. The Morgan fingerprint density at radius 1 is 1.64 bits per heavy atom. The van der Waals surface area contributed by atoms with Crippen LogP contribution in [0.5, 0.6) is 0 Å². The molecule has 0 aromatic rings. The molecule has 11 heavy (non-hydrogen) atoms. The molecule has 0 aromatic carbocycles. The number of aliphatic hydroxyl groups excluding tert-OH is 1. The zero-order valence-corrected chi connectivity index (χ0v) is 6.97. The Kier molecular flexibility index (Phi) is 1.77. The molecule has 0 bridgehead atoms. The molecule has 0 saturated carbocycles. The van der Waals surface area contributed by atoms with Crippen molar-refractivity contribution in [1.29, 1.82) is 0 Å². The molecule has 3 nitrogen and oxygen atoms in total. The van der Waals surface area contributed by atoms with Crippen molar-refractivity contribution in [2.24, 2.45) is 4.99 Å². The van der Waals surface area contributed by atoms with Crippen LogP contribution in [0.2, 0.25) is 0 Å². The van der Waals surface area contributed by atoms with Crippen molar-refractivity contribution in [1.82, 2.24) is 4.90 Å². The summed E-state index contributed by atoms with van der Waals surface area (Å²) in [4.78, 5) is 6.21. The Morgan fingerprint density at radius 2 is 2.55 bits per heavy atom. The maximum absolute atomic E-state index is 9.08. The first-order valence-electron chi connectivity index (χ1n) is 3.72. The van der Waals surface area contributed by atoms with Crippen LogP contribution in [-0.2, 0) is 0 Å². The fourth-order valence-electron chi connectivity index (χ4n) is 1.21. The molecular formula is C7H10N2OS. The lowest BCUT2D eigenvalue weighted by atomic mass is 10.4. The molecule has 2 aliphatic rings. The van der Waals surface area contributed by atoms with E-state index in [1.54, 1.807) is 17.8 Å². The van der Waals surface area contributed by atoms with Crippen LogP contribution in [0.15, 0.2) is 17.0 Å². The third-order valence-corrected chi connectivity index (χ3v) is 2.88. The predicted molar refractivity (Wildman–Crippen MR) is 46.8 cm³/mol. The fourth-order valence-corrected chi connectivity index (χ4v) is 2.18. The molecule has 0 amide bonds. The van der Waals surface area contributed by atoms with E-state index in [4.69, 9.17) is 5.11 Å². The Balaban J connectivity index is 2.17. The van der Waals surface area contributed by atoms with Gasteiger partial charge in [0.15, 0.2) is 5.17 Å². The van der Waals surface area contributed by atoms with E-state index in [0.29, 0.717) is 0 Å². The summed E-state index contributed by atoms with van der Waals surface area (Å²) in [6.07, 6.45) is 2.97. The first-order chi connectivity index (χ1) is 5.36. The van der Waals surface area contributed by atoms with Gasteiger partial charge in [0.1, 0.15) is 0 Å². The van der Waals surface area contributed by atoms with Crippen molar-refractivity contribution in [2.45, 2.75) is 6.42 Å². The first kappa shape index (κ1) is 7.03. The zero-order chi connectivity index (χ0) is 7.68. The maximum Gasteiger partial charge on any atom is 0.210 e. The molecule has 1 N–H and O–H groups in total. The molecule has 0 aliphatic carbocycles. The van der Waals surface area contributed by atoms with Crippen molar-refractivity contribution in [2.75, 3.05) is 18.8 Å². The Morgan fingerprint density at radius 3 is 3.45 bits per heavy atom. The molecule has 4 heteroatoms. The number of aliphatic imine (C=N–C) groups is 1. The van der Waals surface area contributed by atoms with E-state index in [0.717, 1.165) is 24.0 Å². The highest BCUT2D eigenvalue weighted by Gasteiger charge is 2.19. The van der Waals surface area contributed by atoms with Gasteiger partial charge in [-0.2, -0.15) is 4.99 Å². The molecular weight excluding hydrogens is 160 g/mol. The average molecular weight is 170 g/mol. The normalized spacial score (nSPS) is 23.8. The molecule has 1 fully saturated rings. The maximum atomic E-state index is 9.08. The quantitative estimate of drug-likeness (QED) is 0.593. The molecule has 0 radical (unpaired) electrons. The summed E-state index contributed by atoms with van der Waals surface area (Å²) in [7, 11) is 0. The van der Waals surface area contributed by atoms with E-state index in [2.05, 4.69) is 9.89 Å². The second-order valence-corrected chi connectivity index (χ2v) is 3.67. The zero-order valence-electron chi connectivity index (χ0n) is 6.16. The van der Waals surface area contributed by atoms with Crippen LogP contribution in [0.1, 0.15) is 6.42 Å². The van der Waals surface area contributed by atoms with Crippen molar-refractivity contribution >= 4 is 16.9 Å². The Hall–Kier alpha value is -0.640. The number of hydrogen-bond donors (Lipinski definition) is 1. The highest BCUT2D eigenvalue weighted by molar-refractivity contribution is 8.13. The minimum Gasteiger partial charge on any atom is -0.493 e. The Labute approximate surface area is 69.8 Å². The van der Waals surface area contributed by atoms with Crippen LogP contribution < -0.4 is 0 Å². The molecule has 0 atom stereocenters. The van der Waals surface area contributed by atoms with Gasteiger partial charge in [-0.1, -0.05) is 11.8 Å². The Bertz CT molecular complexity index is 224. The number of hydrogen-bond acceptors (Lipinski definition) is 4. The van der Waals surface area contributed by atoms with Crippen molar-refractivity contribution in [3.8, 4) is 0 Å². The predicted octanol–water partition coefficient (Wildman–Crippen LogP) is 1.19. The van der Waals surface area contributed by atoms with Gasteiger partial charge >= 0.3 is 0 Å². The van der Waals surface area contributed by atoms with Crippen LogP contribution in [-0.4, -0.2) is 34.0 Å². The SMILES string of the molecule is OC1=CCN2CCCSC2=N1. The highest BCUT2D eigenvalue weighted by Crippen LogP contribution is 2.21. The molecule has 60 valence electrons. The number of aliphatic hydroxyl groups is 1. The lowest BCUT2D eigenvalue weighted by Gasteiger charge is -2.30. The molecule has 2 heterocycles. The number of thioether (sulfide) groups is 1. The summed E-state index contributed by atoms with van der Waals surface area (Å²) in [5, 5.41) is 10.1. The fraction of sp³-hybridized carbons (Fsp3) is 0.571. The van der Waals surface area contributed by atoms with Gasteiger partial charge in [-0.3, -0.25) is 0 Å². The number of fused-ring (bicyclic) bond motifs is 1. The second-order valence-electron chi connectivity index (χ2n) is 2.60.